The zero-order valence-corrected chi connectivity index (χ0v) is 7.63. The maximum Gasteiger partial charge on any atom is 0.222 e. The van der Waals surface area contributed by atoms with E-state index in [1.165, 1.54) is 0 Å². The van der Waals surface area contributed by atoms with Crippen LogP contribution >= 0.6 is 0 Å². The van der Waals surface area contributed by atoms with E-state index in [0.717, 1.165) is 19.3 Å². The van der Waals surface area contributed by atoms with Crippen LogP contribution in [-0.4, -0.2) is 23.9 Å². The number of likely N-dealkylation sites (tertiary alicyclic amines) is 1. The quantitative estimate of drug-likeness (QED) is 0.594. The zero-order chi connectivity index (χ0) is 8.43. The lowest BCUT2D eigenvalue weighted by atomic mass is 10.0. The molecule has 1 saturated heterocycles. The molecule has 2 heteroatoms. The van der Waals surface area contributed by atoms with Gasteiger partial charge in [-0.15, -0.1) is 0 Å². The van der Waals surface area contributed by atoms with Gasteiger partial charge in [-0.1, -0.05) is 13.8 Å². The summed E-state index contributed by atoms with van der Waals surface area (Å²) >= 11 is 0. The largest absolute Gasteiger partial charge is 0.343 e. The second kappa shape index (κ2) is 3.24. The molecule has 11 heavy (non-hydrogen) atoms. The van der Waals surface area contributed by atoms with E-state index in [-0.39, 0.29) is 0 Å². The third kappa shape index (κ3) is 1.95. The highest BCUT2D eigenvalue weighted by atomic mass is 16.2. The lowest BCUT2D eigenvalue weighted by Gasteiger charge is -2.21. The summed E-state index contributed by atoms with van der Waals surface area (Å²) in [6, 6.07) is 0.516. The first-order valence-corrected chi connectivity index (χ1v) is 4.37. The summed E-state index contributed by atoms with van der Waals surface area (Å²) < 4.78 is 0. The molecule has 1 heterocycles. The van der Waals surface area contributed by atoms with Crippen molar-refractivity contribution in [1.29, 1.82) is 0 Å². The molecule has 1 atom stereocenters. The van der Waals surface area contributed by atoms with Crippen LogP contribution in [0.5, 0.6) is 0 Å². The molecular weight excluding hydrogens is 138 g/mol. The number of carbonyl (C=O) groups is 1. The Hall–Kier alpha value is -0.530. The normalized spacial score (nSPS) is 25.3. The van der Waals surface area contributed by atoms with Crippen molar-refractivity contribution in [1.82, 2.24) is 4.90 Å². The first kappa shape index (κ1) is 8.57. The van der Waals surface area contributed by atoms with E-state index >= 15 is 0 Å². The Kier molecular flexibility index (Phi) is 2.53. The number of hydrogen-bond donors (Lipinski definition) is 0. The standard InChI is InChI=1S/C9H17NO/c1-7(2)6-8-4-5-9(11)10(8)3/h7-8H,4-6H2,1-3H3. The van der Waals surface area contributed by atoms with Crippen molar-refractivity contribution in [2.24, 2.45) is 5.92 Å². The molecule has 0 aromatic rings. The average molecular weight is 155 g/mol. The van der Waals surface area contributed by atoms with Gasteiger partial charge in [-0.25, -0.2) is 0 Å². The number of hydrogen-bond acceptors (Lipinski definition) is 1. The van der Waals surface area contributed by atoms with Crippen LogP contribution in [0.25, 0.3) is 0 Å². The monoisotopic (exact) mass is 155 g/mol. The van der Waals surface area contributed by atoms with Gasteiger partial charge < -0.3 is 4.90 Å². The van der Waals surface area contributed by atoms with Crippen molar-refractivity contribution in [3.05, 3.63) is 0 Å². The number of nitrogens with zero attached hydrogens (tertiary/aromatic N) is 1. The molecule has 0 radical (unpaired) electrons. The fourth-order valence-electron chi connectivity index (χ4n) is 1.68. The molecule has 1 aliphatic heterocycles. The molecule has 2 nitrogen and oxygen atoms in total. The van der Waals surface area contributed by atoms with E-state index in [4.69, 9.17) is 0 Å². The average Bonchev–Trinajstić information content (AvgIpc) is 2.18. The van der Waals surface area contributed by atoms with Gasteiger partial charge in [-0.2, -0.15) is 0 Å². The molecule has 1 unspecified atom stereocenters. The van der Waals surface area contributed by atoms with Crippen LogP contribution < -0.4 is 0 Å². The zero-order valence-electron chi connectivity index (χ0n) is 7.63. The molecular formula is C9H17NO. The minimum atomic E-state index is 0.315. The van der Waals surface area contributed by atoms with E-state index in [1.807, 2.05) is 11.9 Å². The Labute approximate surface area is 68.6 Å². The second-order valence-electron chi connectivity index (χ2n) is 3.83. The maximum atomic E-state index is 11.1. The van der Waals surface area contributed by atoms with E-state index in [0.29, 0.717) is 17.9 Å². The van der Waals surface area contributed by atoms with Gasteiger partial charge in [-0.3, -0.25) is 4.79 Å². The third-order valence-electron chi connectivity index (χ3n) is 2.38. The van der Waals surface area contributed by atoms with Gasteiger partial charge in [0.05, 0.1) is 0 Å². The molecule has 0 aliphatic carbocycles. The van der Waals surface area contributed by atoms with Crippen LogP contribution in [0.3, 0.4) is 0 Å². The van der Waals surface area contributed by atoms with Gasteiger partial charge in [0.25, 0.3) is 0 Å². The summed E-state index contributed by atoms with van der Waals surface area (Å²) in [7, 11) is 1.92. The van der Waals surface area contributed by atoms with Crippen LogP contribution in [0.15, 0.2) is 0 Å². The van der Waals surface area contributed by atoms with Gasteiger partial charge >= 0.3 is 0 Å². The fraction of sp³-hybridized carbons (Fsp3) is 0.889. The summed E-state index contributed by atoms with van der Waals surface area (Å²) in [6.45, 7) is 4.41. The van der Waals surface area contributed by atoms with Gasteiger partial charge in [0.1, 0.15) is 0 Å². The molecule has 1 aliphatic rings. The number of amides is 1. The minimum absolute atomic E-state index is 0.315. The van der Waals surface area contributed by atoms with Gasteiger partial charge in [0.2, 0.25) is 5.91 Å². The van der Waals surface area contributed by atoms with Crippen LogP contribution in [0.1, 0.15) is 33.1 Å². The van der Waals surface area contributed by atoms with Gasteiger partial charge in [0, 0.05) is 19.5 Å². The summed E-state index contributed by atoms with van der Waals surface area (Å²) in [5.41, 5.74) is 0. The van der Waals surface area contributed by atoms with Crippen molar-refractivity contribution < 1.29 is 4.79 Å². The molecule has 0 saturated carbocycles. The van der Waals surface area contributed by atoms with Crippen LogP contribution in [0, 0.1) is 5.92 Å². The van der Waals surface area contributed by atoms with Gasteiger partial charge in [0.15, 0.2) is 0 Å². The summed E-state index contributed by atoms with van der Waals surface area (Å²) in [6.07, 6.45) is 2.98. The molecule has 64 valence electrons. The van der Waals surface area contributed by atoms with Crippen LogP contribution in [-0.2, 0) is 4.79 Å². The smallest absolute Gasteiger partial charge is 0.222 e. The Bertz CT molecular complexity index is 154. The minimum Gasteiger partial charge on any atom is -0.343 e. The molecule has 1 rings (SSSR count). The topological polar surface area (TPSA) is 20.3 Å². The lowest BCUT2D eigenvalue weighted by Crippen LogP contribution is -2.29. The summed E-state index contributed by atoms with van der Waals surface area (Å²) in [5.74, 6) is 1.02. The van der Waals surface area contributed by atoms with Crippen LogP contribution in [0.4, 0.5) is 0 Å². The van der Waals surface area contributed by atoms with Crippen molar-refractivity contribution >= 4 is 5.91 Å². The van der Waals surface area contributed by atoms with Crippen molar-refractivity contribution in [2.75, 3.05) is 7.05 Å². The van der Waals surface area contributed by atoms with Crippen molar-refractivity contribution in [2.45, 2.75) is 39.2 Å². The molecule has 1 amide bonds. The first-order valence-electron chi connectivity index (χ1n) is 4.37. The first-order chi connectivity index (χ1) is 5.11. The highest BCUT2D eigenvalue weighted by molar-refractivity contribution is 5.78. The number of rotatable bonds is 2. The predicted molar refractivity (Wildman–Crippen MR) is 45.2 cm³/mol. The van der Waals surface area contributed by atoms with E-state index < -0.39 is 0 Å². The Morgan fingerprint density at radius 3 is 2.64 bits per heavy atom. The Morgan fingerprint density at radius 2 is 2.27 bits per heavy atom. The predicted octanol–water partition coefficient (Wildman–Crippen LogP) is 1.65. The van der Waals surface area contributed by atoms with E-state index in [2.05, 4.69) is 13.8 Å². The highest BCUT2D eigenvalue weighted by Gasteiger charge is 2.27. The van der Waals surface area contributed by atoms with Crippen molar-refractivity contribution in [3.8, 4) is 0 Å². The molecule has 0 aromatic heterocycles. The molecule has 1 fully saturated rings. The summed E-state index contributed by atoms with van der Waals surface area (Å²) in [4.78, 5) is 13.0. The Balaban J connectivity index is 2.42. The SMILES string of the molecule is CC(C)CC1CCC(=O)N1C. The molecule has 0 spiro atoms. The van der Waals surface area contributed by atoms with E-state index in [1.54, 1.807) is 0 Å². The van der Waals surface area contributed by atoms with Crippen LogP contribution in [0.2, 0.25) is 0 Å². The van der Waals surface area contributed by atoms with Crippen molar-refractivity contribution in [3.63, 3.8) is 0 Å². The number of carbonyl (C=O) groups excluding carboxylic acids is 1. The maximum absolute atomic E-state index is 11.1. The highest BCUT2D eigenvalue weighted by Crippen LogP contribution is 2.22. The molecule has 0 bridgehead atoms. The molecule has 0 N–H and O–H groups in total. The third-order valence-corrected chi connectivity index (χ3v) is 2.38. The fourth-order valence-corrected chi connectivity index (χ4v) is 1.68. The van der Waals surface area contributed by atoms with E-state index in [9.17, 15) is 4.79 Å². The summed E-state index contributed by atoms with van der Waals surface area (Å²) in [5, 5.41) is 0. The Morgan fingerprint density at radius 1 is 1.64 bits per heavy atom. The molecule has 0 aromatic carbocycles. The lowest BCUT2D eigenvalue weighted by molar-refractivity contribution is -0.127. The second-order valence-corrected chi connectivity index (χ2v) is 3.83. The van der Waals surface area contributed by atoms with Gasteiger partial charge in [-0.05, 0) is 18.8 Å².